The fraction of sp³-hybridized carbons (Fsp3) is 0.462. The topological polar surface area (TPSA) is 26.3 Å². The zero-order valence-corrected chi connectivity index (χ0v) is 9.83. The Morgan fingerprint density at radius 2 is 2.07 bits per heavy atom. The van der Waals surface area contributed by atoms with E-state index in [4.69, 9.17) is 4.74 Å². The third kappa shape index (κ3) is 3.08. The highest BCUT2D eigenvalue weighted by Gasteiger charge is 2.18. The third-order valence-corrected chi connectivity index (χ3v) is 2.76. The number of hydrogen-bond donors (Lipinski definition) is 0. The molecule has 0 aliphatic carbocycles. The second-order valence-electron chi connectivity index (χ2n) is 4.36. The molecule has 0 atom stereocenters. The molecule has 0 amide bonds. The first kappa shape index (κ1) is 11.8. The van der Waals surface area contributed by atoms with Gasteiger partial charge in [-0.3, -0.25) is 4.79 Å². The van der Waals surface area contributed by atoms with Gasteiger partial charge in [-0.2, -0.15) is 0 Å². The summed E-state index contributed by atoms with van der Waals surface area (Å²) in [4.78, 5) is 10.8. The lowest BCUT2D eigenvalue weighted by Crippen LogP contribution is -2.15. The van der Waals surface area contributed by atoms with Gasteiger partial charge in [0.25, 0.3) is 0 Å². The number of hydrogen-bond acceptors (Lipinski definition) is 2. The summed E-state index contributed by atoms with van der Waals surface area (Å²) in [5, 5.41) is 0. The largest absolute Gasteiger partial charge is 0.427 e. The van der Waals surface area contributed by atoms with Crippen molar-refractivity contribution in [3.8, 4) is 5.75 Å². The van der Waals surface area contributed by atoms with Crippen molar-refractivity contribution in [3.05, 3.63) is 29.8 Å². The van der Waals surface area contributed by atoms with Crippen LogP contribution in [0.4, 0.5) is 0 Å². The van der Waals surface area contributed by atoms with Crippen molar-refractivity contribution >= 4 is 5.97 Å². The van der Waals surface area contributed by atoms with Crippen molar-refractivity contribution in [1.82, 2.24) is 0 Å². The highest BCUT2D eigenvalue weighted by molar-refractivity contribution is 5.69. The Labute approximate surface area is 91.3 Å². The Hall–Kier alpha value is -1.31. The van der Waals surface area contributed by atoms with E-state index < -0.39 is 0 Å². The van der Waals surface area contributed by atoms with Crippen LogP contribution < -0.4 is 4.74 Å². The maximum atomic E-state index is 10.8. The molecule has 0 fully saturated rings. The van der Waals surface area contributed by atoms with E-state index >= 15 is 0 Å². The molecule has 0 aliphatic heterocycles. The summed E-state index contributed by atoms with van der Waals surface area (Å²) in [6.45, 7) is 7.93. The van der Waals surface area contributed by atoms with E-state index in [2.05, 4.69) is 26.8 Å². The lowest BCUT2D eigenvalue weighted by molar-refractivity contribution is -0.131. The normalized spacial score (nSPS) is 11.2. The Bertz CT molecular complexity index is 353. The Balaban J connectivity index is 2.97. The molecule has 1 rings (SSSR count). The molecular weight excluding hydrogens is 188 g/mol. The average Bonchev–Trinajstić information content (AvgIpc) is 2.17. The first-order valence-electron chi connectivity index (χ1n) is 5.24. The quantitative estimate of drug-likeness (QED) is 0.560. The van der Waals surface area contributed by atoms with E-state index in [9.17, 15) is 4.79 Å². The van der Waals surface area contributed by atoms with Crippen molar-refractivity contribution in [1.29, 1.82) is 0 Å². The number of benzene rings is 1. The van der Waals surface area contributed by atoms with Crippen molar-refractivity contribution in [3.63, 3.8) is 0 Å². The van der Waals surface area contributed by atoms with Crippen LogP contribution in [0.15, 0.2) is 24.3 Å². The van der Waals surface area contributed by atoms with E-state index in [1.54, 1.807) is 6.07 Å². The van der Waals surface area contributed by atoms with E-state index in [1.165, 1.54) is 12.5 Å². The second-order valence-corrected chi connectivity index (χ2v) is 4.36. The molecular formula is C13H18O2. The molecule has 0 aromatic heterocycles. The van der Waals surface area contributed by atoms with Crippen molar-refractivity contribution in [2.45, 2.75) is 39.5 Å². The minimum absolute atomic E-state index is 0.121. The van der Waals surface area contributed by atoms with Gasteiger partial charge < -0.3 is 4.74 Å². The summed E-state index contributed by atoms with van der Waals surface area (Å²) < 4.78 is 5.06. The third-order valence-electron chi connectivity index (χ3n) is 2.76. The molecule has 0 saturated carbocycles. The molecule has 82 valence electrons. The van der Waals surface area contributed by atoms with Gasteiger partial charge >= 0.3 is 5.97 Å². The second kappa shape index (κ2) is 4.47. The molecule has 1 aromatic rings. The van der Waals surface area contributed by atoms with Gasteiger partial charge in [-0.1, -0.05) is 32.9 Å². The highest BCUT2D eigenvalue weighted by Crippen LogP contribution is 2.29. The molecule has 1 aromatic carbocycles. The predicted molar refractivity (Wildman–Crippen MR) is 61.1 cm³/mol. The van der Waals surface area contributed by atoms with Crippen LogP contribution in [-0.4, -0.2) is 5.97 Å². The number of esters is 1. The zero-order valence-electron chi connectivity index (χ0n) is 9.83. The number of carbonyl (C=O) groups excluding carboxylic acids is 1. The van der Waals surface area contributed by atoms with Gasteiger partial charge in [0.2, 0.25) is 0 Å². The van der Waals surface area contributed by atoms with Crippen LogP contribution in [0.1, 0.15) is 39.7 Å². The Kier molecular flexibility index (Phi) is 3.51. The molecule has 0 saturated heterocycles. The number of carbonyl (C=O) groups is 1. The van der Waals surface area contributed by atoms with Gasteiger partial charge in [0.05, 0.1) is 0 Å². The van der Waals surface area contributed by atoms with Crippen LogP contribution in [0, 0.1) is 0 Å². The molecule has 0 spiro atoms. The summed E-state index contributed by atoms with van der Waals surface area (Å²) in [7, 11) is 0. The average molecular weight is 206 g/mol. The van der Waals surface area contributed by atoms with Crippen LogP contribution in [0.3, 0.4) is 0 Å². The maximum Gasteiger partial charge on any atom is 0.308 e. The molecule has 2 heteroatoms. The summed E-state index contributed by atoms with van der Waals surface area (Å²) >= 11 is 0. The van der Waals surface area contributed by atoms with Gasteiger partial charge in [-0.15, -0.1) is 0 Å². The monoisotopic (exact) mass is 206 g/mol. The summed E-state index contributed by atoms with van der Waals surface area (Å²) in [6.07, 6.45) is 1.05. The Morgan fingerprint density at radius 1 is 1.40 bits per heavy atom. The Morgan fingerprint density at radius 3 is 2.60 bits per heavy atom. The molecule has 0 unspecified atom stereocenters. The van der Waals surface area contributed by atoms with Crippen molar-refractivity contribution < 1.29 is 9.53 Å². The minimum Gasteiger partial charge on any atom is -0.427 e. The van der Waals surface area contributed by atoms with Crippen molar-refractivity contribution in [2.24, 2.45) is 0 Å². The van der Waals surface area contributed by atoms with Crippen molar-refractivity contribution in [2.75, 3.05) is 0 Å². The lowest BCUT2D eigenvalue weighted by Gasteiger charge is -2.23. The van der Waals surface area contributed by atoms with Crippen LogP contribution in [0.5, 0.6) is 5.75 Å². The van der Waals surface area contributed by atoms with Gasteiger partial charge in [0, 0.05) is 6.92 Å². The van der Waals surface area contributed by atoms with Crippen LogP contribution >= 0.6 is 0 Å². The van der Waals surface area contributed by atoms with Crippen LogP contribution in [0.25, 0.3) is 0 Å². The summed E-state index contributed by atoms with van der Waals surface area (Å²) in [5.74, 6) is 0.350. The predicted octanol–water partition coefficient (Wildman–Crippen LogP) is 3.30. The molecule has 0 heterocycles. The molecule has 0 bridgehead atoms. The smallest absolute Gasteiger partial charge is 0.308 e. The summed E-state index contributed by atoms with van der Waals surface area (Å²) in [6, 6.07) is 7.73. The van der Waals surface area contributed by atoms with E-state index in [0.717, 1.165) is 6.42 Å². The van der Waals surface area contributed by atoms with Gasteiger partial charge in [-0.25, -0.2) is 0 Å². The highest BCUT2D eigenvalue weighted by atomic mass is 16.5. The van der Waals surface area contributed by atoms with E-state index in [0.29, 0.717) is 5.75 Å². The van der Waals surface area contributed by atoms with Gasteiger partial charge in [0.1, 0.15) is 5.75 Å². The first-order chi connectivity index (χ1) is 6.95. The SMILES string of the molecule is CCC(C)(C)c1cccc(OC(C)=O)c1. The molecule has 0 aliphatic rings. The molecule has 0 N–H and O–H groups in total. The van der Waals surface area contributed by atoms with E-state index in [-0.39, 0.29) is 11.4 Å². The standard InChI is InChI=1S/C13H18O2/c1-5-13(3,4)11-7-6-8-12(9-11)15-10(2)14/h6-9H,5H2,1-4H3. The fourth-order valence-corrected chi connectivity index (χ4v) is 1.35. The first-order valence-corrected chi connectivity index (χ1v) is 5.24. The minimum atomic E-state index is -0.276. The summed E-state index contributed by atoms with van der Waals surface area (Å²) in [5.41, 5.74) is 1.32. The maximum absolute atomic E-state index is 10.8. The molecule has 2 nitrogen and oxygen atoms in total. The molecule has 15 heavy (non-hydrogen) atoms. The van der Waals surface area contributed by atoms with Crippen LogP contribution in [-0.2, 0) is 10.2 Å². The van der Waals surface area contributed by atoms with Gasteiger partial charge in [-0.05, 0) is 29.5 Å². The zero-order chi connectivity index (χ0) is 11.5. The van der Waals surface area contributed by atoms with E-state index in [1.807, 2.05) is 12.1 Å². The number of rotatable bonds is 3. The van der Waals surface area contributed by atoms with Crippen LogP contribution in [0.2, 0.25) is 0 Å². The molecule has 0 radical (unpaired) electrons. The number of ether oxygens (including phenoxy) is 1. The fourth-order valence-electron chi connectivity index (χ4n) is 1.35. The van der Waals surface area contributed by atoms with Gasteiger partial charge in [0.15, 0.2) is 0 Å². The lowest BCUT2D eigenvalue weighted by atomic mass is 9.82.